The highest BCUT2D eigenvalue weighted by molar-refractivity contribution is 7.09. The summed E-state index contributed by atoms with van der Waals surface area (Å²) in [5, 5.41) is 5.96. The molecule has 1 N–H and O–H groups in total. The van der Waals surface area contributed by atoms with Crippen LogP contribution in [-0.4, -0.2) is 17.5 Å². The van der Waals surface area contributed by atoms with E-state index in [-0.39, 0.29) is 12.3 Å². The van der Waals surface area contributed by atoms with Crippen LogP contribution in [0.5, 0.6) is 5.75 Å². The van der Waals surface area contributed by atoms with E-state index in [0.717, 1.165) is 40.5 Å². The van der Waals surface area contributed by atoms with Crippen LogP contribution in [0.25, 0.3) is 0 Å². The van der Waals surface area contributed by atoms with Crippen molar-refractivity contribution in [2.45, 2.75) is 33.1 Å². The largest absolute Gasteiger partial charge is 0.494 e. The molecule has 3 aromatic rings. The normalized spacial score (nSPS) is 10.6. The lowest BCUT2D eigenvalue weighted by atomic mass is 10.1. The number of hydrogen-bond donors (Lipinski definition) is 1. The molecule has 27 heavy (non-hydrogen) atoms. The number of carbonyl (C=O) groups is 1. The molecule has 0 saturated heterocycles. The topological polar surface area (TPSA) is 51.2 Å². The maximum atomic E-state index is 12.4. The number of nitrogens with zero attached hydrogens (tertiary/aromatic N) is 1. The van der Waals surface area contributed by atoms with Crippen LogP contribution in [0.3, 0.4) is 0 Å². The minimum Gasteiger partial charge on any atom is -0.494 e. The summed E-state index contributed by atoms with van der Waals surface area (Å²) in [5.74, 6) is 0.772. The number of amides is 1. The minimum absolute atomic E-state index is 0.0584. The molecule has 1 amide bonds. The molecule has 0 fully saturated rings. The van der Waals surface area contributed by atoms with Gasteiger partial charge in [-0.15, -0.1) is 11.3 Å². The van der Waals surface area contributed by atoms with Crippen LogP contribution in [0, 0.1) is 6.92 Å². The van der Waals surface area contributed by atoms with Crippen LogP contribution in [0.15, 0.2) is 53.9 Å². The number of thiazole rings is 1. The quantitative estimate of drug-likeness (QED) is 0.597. The molecule has 2 aromatic carbocycles. The zero-order chi connectivity index (χ0) is 19.1. The molecule has 140 valence electrons. The Morgan fingerprint density at radius 3 is 2.74 bits per heavy atom. The van der Waals surface area contributed by atoms with Gasteiger partial charge in [0.25, 0.3) is 0 Å². The number of aryl methyl sites for hydroxylation is 1. The van der Waals surface area contributed by atoms with Crippen LogP contribution in [0.4, 0.5) is 5.69 Å². The summed E-state index contributed by atoms with van der Waals surface area (Å²) < 4.78 is 5.62. The molecule has 0 saturated carbocycles. The Hall–Kier alpha value is -2.66. The predicted octanol–water partition coefficient (Wildman–Crippen LogP) is 5.01. The fourth-order valence-electron chi connectivity index (χ4n) is 2.73. The first-order valence-electron chi connectivity index (χ1n) is 9.14. The Bertz CT molecular complexity index is 890. The van der Waals surface area contributed by atoms with Crippen molar-refractivity contribution in [3.05, 3.63) is 75.7 Å². The van der Waals surface area contributed by atoms with Gasteiger partial charge in [0.15, 0.2) is 0 Å². The van der Waals surface area contributed by atoms with Crippen molar-refractivity contribution >= 4 is 22.9 Å². The number of ether oxygens (including phenoxy) is 1. The van der Waals surface area contributed by atoms with Gasteiger partial charge in [-0.2, -0.15) is 0 Å². The van der Waals surface area contributed by atoms with Gasteiger partial charge in [-0.3, -0.25) is 4.79 Å². The second-order valence-electron chi connectivity index (χ2n) is 6.45. The highest BCUT2D eigenvalue weighted by Gasteiger charge is 2.10. The van der Waals surface area contributed by atoms with Gasteiger partial charge in [0.1, 0.15) is 5.75 Å². The lowest BCUT2D eigenvalue weighted by Crippen LogP contribution is -2.15. The molecule has 3 rings (SSSR count). The van der Waals surface area contributed by atoms with Crippen LogP contribution in [-0.2, 0) is 17.6 Å². The van der Waals surface area contributed by atoms with E-state index >= 15 is 0 Å². The van der Waals surface area contributed by atoms with Gasteiger partial charge < -0.3 is 10.1 Å². The Labute approximate surface area is 164 Å². The van der Waals surface area contributed by atoms with E-state index < -0.39 is 0 Å². The molecule has 0 atom stereocenters. The highest BCUT2D eigenvalue weighted by Crippen LogP contribution is 2.22. The van der Waals surface area contributed by atoms with E-state index in [1.165, 1.54) is 5.56 Å². The lowest BCUT2D eigenvalue weighted by molar-refractivity contribution is -0.115. The molecule has 0 bridgehead atoms. The van der Waals surface area contributed by atoms with Crippen molar-refractivity contribution in [3.8, 4) is 5.75 Å². The van der Waals surface area contributed by atoms with Crippen molar-refractivity contribution in [2.24, 2.45) is 0 Å². The molecule has 1 aromatic heterocycles. The van der Waals surface area contributed by atoms with Gasteiger partial charge in [-0.1, -0.05) is 37.3 Å². The molecule has 0 unspecified atom stereocenters. The first kappa shape index (κ1) is 19.1. The van der Waals surface area contributed by atoms with Crippen molar-refractivity contribution in [3.63, 3.8) is 0 Å². The summed E-state index contributed by atoms with van der Waals surface area (Å²) in [6.07, 6.45) is 2.04. The van der Waals surface area contributed by atoms with Crippen LogP contribution >= 0.6 is 11.3 Å². The molecular formula is C22H24N2O2S. The van der Waals surface area contributed by atoms with E-state index in [1.54, 1.807) is 11.3 Å². The standard InChI is InChI=1S/C22H24N2O2S/c1-3-11-26-19-9-10-20(16(2)12-19)24-21(25)14-18-15-27-22(23-18)13-17-7-5-4-6-8-17/h4-10,12,15H,3,11,13-14H2,1-2H3,(H,24,25). The van der Waals surface area contributed by atoms with Crippen molar-refractivity contribution in [2.75, 3.05) is 11.9 Å². The zero-order valence-electron chi connectivity index (χ0n) is 15.7. The molecule has 0 spiro atoms. The lowest BCUT2D eigenvalue weighted by Gasteiger charge is -2.10. The third-order valence-electron chi connectivity index (χ3n) is 4.08. The Morgan fingerprint density at radius 1 is 1.19 bits per heavy atom. The molecule has 0 aliphatic rings. The SMILES string of the molecule is CCCOc1ccc(NC(=O)Cc2csc(Cc3ccccc3)n2)c(C)c1. The Kier molecular flexibility index (Phi) is 6.60. The number of nitrogens with one attached hydrogen (secondary N) is 1. The number of hydrogen-bond acceptors (Lipinski definition) is 4. The molecule has 4 nitrogen and oxygen atoms in total. The third kappa shape index (κ3) is 5.66. The summed E-state index contributed by atoms with van der Waals surface area (Å²) in [6.45, 7) is 4.74. The summed E-state index contributed by atoms with van der Waals surface area (Å²) in [5.41, 5.74) is 3.83. The van der Waals surface area contributed by atoms with Gasteiger partial charge in [0.05, 0.1) is 23.7 Å². The van der Waals surface area contributed by atoms with Gasteiger partial charge in [0, 0.05) is 17.5 Å². The molecule has 1 heterocycles. The first-order valence-corrected chi connectivity index (χ1v) is 10.0. The van der Waals surface area contributed by atoms with Crippen LogP contribution < -0.4 is 10.1 Å². The highest BCUT2D eigenvalue weighted by atomic mass is 32.1. The Morgan fingerprint density at radius 2 is 2.00 bits per heavy atom. The summed E-state index contributed by atoms with van der Waals surface area (Å²) in [6, 6.07) is 16.0. The first-order chi connectivity index (χ1) is 13.1. The van der Waals surface area contributed by atoms with Crippen molar-refractivity contribution in [1.82, 2.24) is 4.98 Å². The van der Waals surface area contributed by atoms with Crippen LogP contribution in [0.1, 0.15) is 35.2 Å². The minimum atomic E-state index is -0.0584. The van der Waals surface area contributed by atoms with E-state index in [1.807, 2.05) is 48.7 Å². The zero-order valence-corrected chi connectivity index (χ0v) is 16.5. The summed E-state index contributed by atoms with van der Waals surface area (Å²) >= 11 is 1.60. The van der Waals surface area contributed by atoms with E-state index in [9.17, 15) is 4.79 Å². The number of rotatable bonds is 8. The van der Waals surface area contributed by atoms with Gasteiger partial charge in [-0.25, -0.2) is 4.98 Å². The number of carbonyl (C=O) groups excluding carboxylic acids is 1. The summed E-state index contributed by atoms with van der Waals surface area (Å²) in [4.78, 5) is 17.0. The van der Waals surface area contributed by atoms with Crippen molar-refractivity contribution in [1.29, 1.82) is 0 Å². The average molecular weight is 381 g/mol. The monoisotopic (exact) mass is 380 g/mol. The third-order valence-corrected chi connectivity index (χ3v) is 4.98. The maximum Gasteiger partial charge on any atom is 0.230 e. The number of benzene rings is 2. The molecule has 0 aliphatic heterocycles. The number of aromatic nitrogens is 1. The van der Waals surface area contributed by atoms with Gasteiger partial charge in [0.2, 0.25) is 5.91 Å². The maximum absolute atomic E-state index is 12.4. The fraction of sp³-hybridized carbons (Fsp3) is 0.273. The average Bonchev–Trinajstić information content (AvgIpc) is 3.09. The Balaban J connectivity index is 1.56. The number of anilines is 1. The van der Waals surface area contributed by atoms with E-state index in [4.69, 9.17) is 4.74 Å². The van der Waals surface area contributed by atoms with Crippen molar-refractivity contribution < 1.29 is 9.53 Å². The molecular weight excluding hydrogens is 356 g/mol. The van der Waals surface area contributed by atoms with Gasteiger partial charge >= 0.3 is 0 Å². The van der Waals surface area contributed by atoms with Gasteiger partial charge in [-0.05, 0) is 42.7 Å². The fourth-order valence-corrected chi connectivity index (χ4v) is 3.55. The second kappa shape index (κ2) is 9.33. The predicted molar refractivity (Wildman–Crippen MR) is 111 cm³/mol. The molecule has 0 radical (unpaired) electrons. The summed E-state index contributed by atoms with van der Waals surface area (Å²) in [7, 11) is 0. The molecule has 5 heteroatoms. The van der Waals surface area contributed by atoms with E-state index in [2.05, 4.69) is 29.4 Å². The van der Waals surface area contributed by atoms with Crippen LogP contribution in [0.2, 0.25) is 0 Å². The van der Waals surface area contributed by atoms with E-state index in [0.29, 0.717) is 6.61 Å². The smallest absolute Gasteiger partial charge is 0.230 e. The second-order valence-corrected chi connectivity index (χ2v) is 7.39. The molecule has 0 aliphatic carbocycles.